The fourth-order valence-corrected chi connectivity index (χ4v) is 0.932. The van der Waals surface area contributed by atoms with Crippen LogP contribution in [0.25, 0.3) is 6.08 Å². The summed E-state index contributed by atoms with van der Waals surface area (Å²) in [6, 6.07) is 4.95. The van der Waals surface area contributed by atoms with Crippen molar-refractivity contribution >= 4 is 6.08 Å². The number of hydrogen-bond acceptors (Lipinski definition) is 1. The average Bonchev–Trinajstić information content (AvgIpc) is 2.07. The summed E-state index contributed by atoms with van der Waals surface area (Å²) in [5.74, 6) is -0.228. The summed E-state index contributed by atoms with van der Waals surface area (Å²) in [4.78, 5) is 0. The molecule has 0 fully saturated rings. The van der Waals surface area contributed by atoms with Crippen molar-refractivity contribution < 1.29 is 9.13 Å². The van der Waals surface area contributed by atoms with Gasteiger partial charge in [0.1, 0.15) is 5.82 Å². The first-order valence-corrected chi connectivity index (χ1v) is 3.69. The summed E-state index contributed by atoms with van der Waals surface area (Å²) in [5, 5.41) is 0. The highest BCUT2D eigenvalue weighted by Gasteiger charge is 1.96. The van der Waals surface area contributed by atoms with Crippen LogP contribution in [0.15, 0.2) is 24.5 Å². The largest absolute Gasteiger partial charge is 0.504 e. The normalized spacial score (nSPS) is 10.6. The van der Waals surface area contributed by atoms with Gasteiger partial charge in [-0.2, -0.15) is 0 Å². The number of rotatable bonds is 2. The van der Waals surface area contributed by atoms with Gasteiger partial charge in [0.05, 0.1) is 13.4 Å². The molecule has 1 rings (SSSR count). The third-order valence-electron chi connectivity index (χ3n) is 1.54. The van der Waals surface area contributed by atoms with Gasteiger partial charge >= 0.3 is 0 Å². The molecular weight excluding hydrogens is 155 g/mol. The lowest BCUT2D eigenvalue weighted by Gasteiger charge is -1.97. The molecule has 0 aliphatic rings. The molecule has 1 aromatic carbocycles. The highest BCUT2D eigenvalue weighted by molar-refractivity contribution is 5.50. The highest BCUT2D eigenvalue weighted by Crippen LogP contribution is 2.11. The van der Waals surface area contributed by atoms with Crippen molar-refractivity contribution in [1.82, 2.24) is 0 Å². The number of methoxy groups -OCH3 is 1. The Hall–Kier alpha value is -1.31. The van der Waals surface area contributed by atoms with Crippen molar-refractivity contribution in [3.05, 3.63) is 41.4 Å². The predicted octanol–water partition coefficient (Wildman–Crippen LogP) is 2.75. The number of hydrogen-bond donors (Lipinski definition) is 0. The molecule has 0 unspecified atom stereocenters. The minimum Gasteiger partial charge on any atom is -0.504 e. The van der Waals surface area contributed by atoms with Gasteiger partial charge in [-0.25, -0.2) is 4.39 Å². The highest BCUT2D eigenvalue weighted by atomic mass is 19.1. The second-order valence-corrected chi connectivity index (χ2v) is 2.56. The van der Waals surface area contributed by atoms with Crippen LogP contribution in [-0.2, 0) is 4.74 Å². The fourth-order valence-electron chi connectivity index (χ4n) is 0.932. The Morgan fingerprint density at radius 3 is 2.83 bits per heavy atom. The van der Waals surface area contributed by atoms with E-state index < -0.39 is 0 Å². The molecule has 0 saturated heterocycles. The summed E-state index contributed by atoms with van der Waals surface area (Å²) in [6.07, 6.45) is 3.06. The van der Waals surface area contributed by atoms with E-state index in [1.807, 2.05) is 6.92 Å². The van der Waals surface area contributed by atoms with Crippen LogP contribution in [0.5, 0.6) is 0 Å². The van der Waals surface area contributed by atoms with Crippen molar-refractivity contribution in [3.63, 3.8) is 0 Å². The van der Waals surface area contributed by atoms with E-state index in [-0.39, 0.29) is 5.82 Å². The maximum atomic E-state index is 13.0. The molecule has 0 saturated carbocycles. The lowest BCUT2D eigenvalue weighted by molar-refractivity contribution is 0.341. The first-order chi connectivity index (χ1) is 5.74. The fraction of sp³-hybridized carbons (Fsp3) is 0.200. The number of benzene rings is 1. The van der Waals surface area contributed by atoms with Crippen LogP contribution < -0.4 is 0 Å². The summed E-state index contributed by atoms with van der Waals surface area (Å²) in [5.41, 5.74) is 1.59. The van der Waals surface area contributed by atoms with E-state index in [2.05, 4.69) is 0 Å². The molecule has 0 N–H and O–H groups in total. The van der Waals surface area contributed by atoms with Gasteiger partial charge in [-0.05, 0) is 25.1 Å². The number of aryl methyl sites for hydroxylation is 1. The Kier molecular flexibility index (Phi) is 2.86. The van der Waals surface area contributed by atoms with E-state index in [1.165, 1.54) is 19.4 Å². The van der Waals surface area contributed by atoms with Crippen LogP contribution in [0.3, 0.4) is 0 Å². The summed E-state index contributed by atoms with van der Waals surface area (Å²) in [7, 11) is 1.53. The molecule has 0 radical (unpaired) electrons. The first kappa shape index (κ1) is 8.78. The Balaban J connectivity index is 2.97. The molecule has 0 bridgehead atoms. The van der Waals surface area contributed by atoms with Gasteiger partial charge < -0.3 is 4.74 Å². The van der Waals surface area contributed by atoms with Crippen molar-refractivity contribution in [1.29, 1.82) is 0 Å². The number of ether oxygens (including phenoxy) is 1. The average molecular weight is 166 g/mol. The van der Waals surface area contributed by atoms with Crippen molar-refractivity contribution in [2.45, 2.75) is 6.92 Å². The Labute approximate surface area is 71.5 Å². The maximum absolute atomic E-state index is 13.0. The minimum atomic E-state index is -0.228. The van der Waals surface area contributed by atoms with Crippen LogP contribution in [0.1, 0.15) is 11.1 Å². The van der Waals surface area contributed by atoms with E-state index >= 15 is 0 Å². The molecule has 12 heavy (non-hydrogen) atoms. The van der Waals surface area contributed by atoms with Gasteiger partial charge in [0, 0.05) is 5.56 Å². The summed E-state index contributed by atoms with van der Waals surface area (Å²) < 4.78 is 17.7. The lowest BCUT2D eigenvalue weighted by atomic mass is 10.1. The molecule has 0 amide bonds. The topological polar surface area (TPSA) is 9.23 Å². The number of halogens is 1. The van der Waals surface area contributed by atoms with E-state index in [0.29, 0.717) is 5.56 Å². The smallest absolute Gasteiger partial charge is 0.130 e. The van der Waals surface area contributed by atoms with Gasteiger partial charge in [0.15, 0.2) is 0 Å². The molecule has 2 heteroatoms. The van der Waals surface area contributed by atoms with E-state index in [9.17, 15) is 4.39 Å². The van der Waals surface area contributed by atoms with E-state index in [1.54, 1.807) is 18.2 Å². The lowest BCUT2D eigenvalue weighted by Crippen LogP contribution is -1.83. The molecule has 1 aromatic rings. The molecule has 0 aromatic heterocycles. The van der Waals surface area contributed by atoms with E-state index in [0.717, 1.165) is 5.56 Å². The molecular formula is C10H11FO. The van der Waals surface area contributed by atoms with Gasteiger partial charge in [-0.15, -0.1) is 0 Å². The van der Waals surface area contributed by atoms with Crippen LogP contribution in [0.4, 0.5) is 4.39 Å². The standard InChI is InChI=1S/C10H11FO/c1-8-3-4-10(11)9(7-8)5-6-12-2/h3-7H,1-2H3/b6-5+. The zero-order valence-corrected chi connectivity index (χ0v) is 7.17. The predicted molar refractivity (Wildman–Crippen MR) is 47.2 cm³/mol. The monoisotopic (exact) mass is 166 g/mol. The van der Waals surface area contributed by atoms with Crippen LogP contribution in [0, 0.1) is 12.7 Å². The molecule has 64 valence electrons. The molecule has 0 aliphatic carbocycles. The third kappa shape index (κ3) is 2.09. The SMILES string of the molecule is CO/C=C/c1cc(C)ccc1F. The molecule has 0 spiro atoms. The quantitative estimate of drug-likeness (QED) is 0.614. The van der Waals surface area contributed by atoms with Gasteiger partial charge in [0.25, 0.3) is 0 Å². The zero-order valence-electron chi connectivity index (χ0n) is 7.17. The first-order valence-electron chi connectivity index (χ1n) is 3.69. The van der Waals surface area contributed by atoms with Gasteiger partial charge in [0.2, 0.25) is 0 Å². The Morgan fingerprint density at radius 2 is 2.17 bits per heavy atom. The molecule has 0 heterocycles. The van der Waals surface area contributed by atoms with Crippen molar-refractivity contribution in [2.75, 3.05) is 7.11 Å². The summed E-state index contributed by atoms with van der Waals surface area (Å²) in [6.45, 7) is 1.92. The van der Waals surface area contributed by atoms with Gasteiger partial charge in [-0.3, -0.25) is 0 Å². The second-order valence-electron chi connectivity index (χ2n) is 2.56. The zero-order chi connectivity index (χ0) is 8.97. The molecule has 1 nitrogen and oxygen atoms in total. The van der Waals surface area contributed by atoms with Crippen molar-refractivity contribution in [3.8, 4) is 0 Å². The van der Waals surface area contributed by atoms with Crippen molar-refractivity contribution in [2.24, 2.45) is 0 Å². The Bertz CT molecular complexity index is 292. The second kappa shape index (κ2) is 3.90. The minimum absolute atomic E-state index is 0.228. The van der Waals surface area contributed by atoms with Gasteiger partial charge in [-0.1, -0.05) is 11.6 Å². The van der Waals surface area contributed by atoms with Crippen LogP contribution >= 0.6 is 0 Å². The Morgan fingerprint density at radius 1 is 1.42 bits per heavy atom. The van der Waals surface area contributed by atoms with E-state index in [4.69, 9.17) is 4.74 Å². The molecule has 0 aliphatic heterocycles. The van der Waals surface area contributed by atoms with Crippen LogP contribution in [-0.4, -0.2) is 7.11 Å². The summed E-state index contributed by atoms with van der Waals surface area (Å²) >= 11 is 0. The third-order valence-corrected chi connectivity index (χ3v) is 1.54. The van der Waals surface area contributed by atoms with Crippen LogP contribution in [0.2, 0.25) is 0 Å². The maximum Gasteiger partial charge on any atom is 0.130 e. The molecule has 0 atom stereocenters.